The molecule has 118 valence electrons. The summed E-state index contributed by atoms with van der Waals surface area (Å²) in [6, 6.07) is 0.260. The molecule has 0 radical (unpaired) electrons. The van der Waals surface area contributed by atoms with Crippen LogP contribution in [0.3, 0.4) is 0 Å². The Morgan fingerprint density at radius 3 is 3.00 bits per heavy atom. The van der Waals surface area contributed by atoms with Crippen LogP contribution >= 0.6 is 11.3 Å². The summed E-state index contributed by atoms with van der Waals surface area (Å²) in [7, 11) is 0. The Morgan fingerprint density at radius 1 is 1.52 bits per heavy atom. The van der Waals surface area contributed by atoms with Crippen LogP contribution in [0.1, 0.15) is 80.3 Å². The van der Waals surface area contributed by atoms with Crippen molar-refractivity contribution in [2.75, 3.05) is 0 Å². The van der Waals surface area contributed by atoms with E-state index in [0.29, 0.717) is 17.7 Å². The third-order valence-corrected chi connectivity index (χ3v) is 5.35. The van der Waals surface area contributed by atoms with Crippen molar-refractivity contribution in [3.05, 3.63) is 16.1 Å². The lowest BCUT2D eigenvalue weighted by atomic mass is 9.86. The molecule has 0 spiro atoms. The van der Waals surface area contributed by atoms with Gasteiger partial charge in [-0.3, -0.25) is 4.79 Å². The molecule has 5 heteroatoms. The Labute approximate surface area is 131 Å². The summed E-state index contributed by atoms with van der Waals surface area (Å²) in [5.74, 6) is 0.520. The SMILES string of the molecule is CCCCC(N)c1nc(C(=O)NC2CCCCC2C)cs1. The third kappa shape index (κ3) is 4.51. The van der Waals surface area contributed by atoms with Crippen molar-refractivity contribution in [1.29, 1.82) is 0 Å². The van der Waals surface area contributed by atoms with E-state index in [1.54, 1.807) is 0 Å². The van der Waals surface area contributed by atoms with Crippen molar-refractivity contribution in [1.82, 2.24) is 10.3 Å². The number of amides is 1. The minimum atomic E-state index is -0.0426. The van der Waals surface area contributed by atoms with Gasteiger partial charge in [-0.2, -0.15) is 0 Å². The van der Waals surface area contributed by atoms with Crippen LogP contribution < -0.4 is 11.1 Å². The minimum absolute atomic E-state index is 0.0369. The third-order valence-electron chi connectivity index (χ3n) is 4.37. The van der Waals surface area contributed by atoms with Crippen LogP contribution in [0.25, 0.3) is 0 Å². The predicted molar refractivity (Wildman–Crippen MR) is 87.5 cm³/mol. The summed E-state index contributed by atoms with van der Waals surface area (Å²) in [5, 5.41) is 5.86. The van der Waals surface area contributed by atoms with Crippen LogP contribution in [-0.2, 0) is 0 Å². The number of nitrogens with two attached hydrogens (primary N) is 1. The normalized spacial score (nSPS) is 23.8. The van der Waals surface area contributed by atoms with E-state index in [2.05, 4.69) is 24.1 Å². The molecule has 2 rings (SSSR count). The predicted octanol–water partition coefficient (Wildman–Crippen LogP) is 3.64. The molecular formula is C16H27N3OS. The topological polar surface area (TPSA) is 68.0 Å². The number of thiazole rings is 1. The van der Waals surface area contributed by atoms with Gasteiger partial charge < -0.3 is 11.1 Å². The summed E-state index contributed by atoms with van der Waals surface area (Å²) in [6.45, 7) is 4.37. The zero-order valence-electron chi connectivity index (χ0n) is 13.1. The summed E-state index contributed by atoms with van der Waals surface area (Å²) < 4.78 is 0. The molecular weight excluding hydrogens is 282 g/mol. The minimum Gasteiger partial charge on any atom is -0.348 e. The van der Waals surface area contributed by atoms with Gasteiger partial charge in [-0.25, -0.2) is 4.98 Å². The summed E-state index contributed by atoms with van der Waals surface area (Å²) in [4.78, 5) is 16.7. The molecule has 1 aromatic heterocycles. The Morgan fingerprint density at radius 2 is 2.29 bits per heavy atom. The number of carbonyl (C=O) groups excluding carboxylic acids is 1. The highest BCUT2D eigenvalue weighted by Gasteiger charge is 2.24. The molecule has 1 heterocycles. The maximum absolute atomic E-state index is 12.3. The Bertz CT molecular complexity index is 460. The van der Waals surface area contributed by atoms with Crippen LogP contribution in [0.5, 0.6) is 0 Å². The van der Waals surface area contributed by atoms with E-state index in [1.807, 2.05) is 5.38 Å². The first-order valence-electron chi connectivity index (χ1n) is 8.13. The number of hydrogen-bond donors (Lipinski definition) is 2. The van der Waals surface area contributed by atoms with E-state index in [0.717, 1.165) is 30.7 Å². The van der Waals surface area contributed by atoms with Gasteiger partial charge in [0.2, 0.25) is 0 Å². The fourth-order valence-electron chi connectivity index (χ4n) is 2.88. The van der Waals surface area contributed by atoms with Crippen LogP contribution in [0, 0.1) is 5.92 Å². The number of rotatable bonds is 6. The van der Waals surface area contributed by atoms with E-state index < -0.39 is 0 Å². The number of aromatic nitrogens is 1. The van der Waals surface area contributed by atoms with Crippen LogP contribution in [0.4, 0.5) is 0 Å². The maximum atomic E-state index is 12.3. The number of hydrogen-bond acceptors (Lipinski definition) is 4. The molecule has 3 N–H and O–H groups in total. The molecule has 0 saturated heterocycles. The second-order valence-electron chi connectivity index (χ2n) is 6.16. The summed E-state index contributed by atoms with van der Waals surface area (Å²) in [5.41, 5.74) is 6.64. The second kappa shape index (κ2) is 7.90. The molecule has 21 heavy (non-hydrogen) atoms. The Balaban J connectivity index is 1.92. The highest BCUT2D eigenvalue weighted by molar-refractivity contribution is 7.09. The average Bonchev–Trinajstić information content (AvgIpc) is 2.97. The fraction of sp³-hybridized carbons (Fsp3) is 0.750. The van der Waals surface area contributed by atoms with Crippen LogP contribution in [0.15, 0.2) is 5.38 Å². The van der Waals surface area contributed by atoms with Gasteiger partial charge in [0.05, 0.1) is 6.04 Å². The molecule has 1 amide bonds. The molecule has 0 aliphatic heterocycles. The largest absolute Gasteiger partial charge is 0.348 e. The van der Waals surface area contributed by atoms with Gasteiger partial charge in [0.1, 0.15) is 10.7 Å². The molecule has 3 atom stereocenters. The molecule has 4 nitrogen and oxygen atoms in total. The lowest BCUT2D eigenvalue weighted by molar-refractivity contribution is 0.0905. The highest BCUT2D eigenvalue weighted by atomic mass is 32.1. The highest BCUT2D eigenvalue weighted by Crippen LogP contribution is 2.25. The average molecular weight is 309 g/mol. The first-order valence-corrected chi connectivity index (χ1v) is 9.01. The lowest BCUT2D eigenvalue weighted by Crippen LogP contribution is -2.41. The van der Waals surface area contributed by atoms with Crippen LogP contribution in [-0.4, -0.2) is 16.9 Å². The molecule has 1 aliphatic rings. The van der Waals surface area contributed by atoms with Crippen molar-refractivity contribution in [2.24, 2.45) is 11.7 Å². The molecule has 3 unspecified atom stereocenters. The Hall–Kier alpha value is -0.940. The quantitative estimate of drug-likeness (QED) is 0.843. The molecule has 1 saturated carbocycles. The molecule has 1 aromatic rings. The molecule has 0 bridgehead atoms. The smallest absolute Gasteiger partial charge is 0.270 e. The monoisotopic (exact) mass is 309 g/mol. The van der Waals surface area contributed by atoms with Crippen molar-refractivity contribution >= 4 is 17.2 Å². The van der Waals surface area contributed by atoms with Crippen molar-refractivity contribution in [3.63, 3.8) is 0 Å². The lowest BCUT2D eigenvalue weighted by Gasteiger charge is -2.29. The van der Waals surface area contributed by atoms with E-state index in [4.69, 9.17) is 5.73 Å². The fourth-order valence-corrected chi connectivity index (χ4v) is 3.72. The molecule has 1 fully saturated rings. The van der Waals surface area contributed by atoms with E-state index in [1.165, 1.54) is 30.6 Å². The summed E-state index contributed by atoms with van der Waals surface area (Å²) in [6.07, 6.45) is 7.94. The summed E-state index contributed by atoms with van der Waals surface area (Å²) >= 11 is 1.50. The maximum Gasteiger partial charge on any atom is 0.270 e. The first-order chi connectivity index (χ1) is 10.1. The van der Waals surface area contributed by atoms with Gasteiger partial charge >= 0.3 is 0 Å². The van der Waals surface area contributed by atoms with Crippen molar-refractivity contribution < 1.29 is 4.79 Å². The molecule has 1 aliphatic carbocycles. The standard InChI is InChI=1S/C16H27N3OS/c1-3-4-8-12(17)16-19-14(10-21-16)15(20)18-13-9-6-5-7-11(13)2/h10-13H,3-9,17H2,1-2H3,(H,18,20). The van der Waals surface area contributed by atoms with Gasteiger partial charge in [0, 0.05) is 11.4 Å². The van der Waals surface area contributed by atoms with Gasteiger partial charge in [0.25, 0.3) is 5.91 Å². The van der Waals surface area contributed by atoms with Gasteiger partial charge in [0.15, 0.2) is 0 Å². The first kappa shape index (κ1) is 16.4. The second-order valence-corrected chi connectivity index (χ2v) is 7.05. The van der Waals surface area contributed by atoms with Gasteiger partial charge in [-0.05, 0) is 25.2 Å². The van der Waals surface area contributed by atoms with E-state index >= 15 is 0 Å². The van der Waals surface area contributed by atoms with Crippen molar-refractivity contribution in [2.45, 2.75) is 70.9 Å². The number of carbonyl (C=O) groups is 1. The van der Waals surface area contributed by atoms with Crippen molar-refractivity contribution in [3.8, 4) is 0 Å². The van der Waals surface area contributed by atoms with Crippen LogP contribution in [0.2, 0.25) is 0 Å². The van der Waals surface area contributed by atoms with E-state index in [9.17, 15) is 4.79 Å². The van der Waals surface area contributed by atoms with Gasteiger partial charge in [-0.15, -0.1) is 11.3 Å². The zero-order chi connectivity index (χ0) is 15.2. The zero-order valence-corrected chi connectivity index (χ0v) is 13.9. The number of unbranched alkanes of at least 4 members (excludes halogenated alkanes) is 1. The molecule has 0 aromatic carbocycles. The number of nitrogens with zero attached hydrogens (tertiary/aromatic N) is 1. The van der Waals surface area contributed by atoms with Gasteiger partial charge in [-0.1, -0.05) is 39.5 Å². The van der Waals surface area contributed by atoms with E-state index in [-0.39, 0.29) is 11.9 Å². The Kier molecular flexibility index (Phi) is 6.18. The number of nitrogens with one attached hydrogen (secondary N) is 1.